The van der Waals surface area contributed by atoms with E-state index in [1.54, 1.807) is 18.2 Å². The summed E-state index contributed by atoms with van der Waals surface area (Å²) in [5.41, 5.74) is 0.187. The van der Waals surface area contributed by atoms with Crippen LogP contribution in [0.5, 0.6) is 0 Å². The third kappa shape index (κ3) is 3.52. The molecular weight excluding hydrogens is 328 g/mol. The fourth-order valence-corrected chi connectivity index (χ4v) is 2.20. The molecule has 0 spiro atoms. The molecule has 1 aromatic carbocycles. The zero-order chi connectivity index (χ0) is 17.8. The van der Waals surface area contributed by atoms with Crippen molar-refractivity contribution in [2.75, 3.05) is 5.32 Å². The standard InChI is InChI=1S/C15H14N6O4/c1-2-9-20-18-15(17-19-20)16-14(22)13-8-7-12(25-13)10-5-3-4-6-11(10)21(23)24/h3-8H,2,9H2,1H3,(H,16,18,22). The highest BCUT2D eigenvalue weighted by molar-refractivity contribution is 6.01. The number of benzene rings is 1. The van der Waals surface area contributed by atoms with Gasteiger partial charge in [-0.3, -0.25) is 20.2 Å². The zero-order valence-corrected chi connectivity index (χ0v) is 13.2. The van der Waals surface area contributed by atoms with E-state index in [0.717, 1.165) is 6.42 Å². The Labute approximate surface area is 141 Å². The maximum atomic E-state index is 12.2. The molecule has 0 aliphatic carbocycles. The SMILES string of the molecule is CCCn1nnc(NC(=O)c2ccc(-c3ccccc3[N+](=O)[O-])o2)n1. The van der Waals surface area contributed by atoms with Crippen molar-refractivity contribution in [3.8, 4) is 11.3 Å². The molecule has 0 saturated heterocycles. The molecule has 0 fully saturated rings. The van der Waals surface area contributed by atoms with Gasteiger partial charge in [-0.2, -0.15) is 4.80 Å². The van der Waals surface area contributed by atoms with E-state index in [1.807, 2.05) is 6.92 Å². The lowest BCUT2D eigenvalue weighted by molar-refractivity contribution is -0.384. The summed E-state index contributed by atoms with van der Waals surface area (Å²) in [4.78, 5) is 24.1. The van der Waals surface area contributed by atoms with Gasteiger partial charge < -0.3 is 4.42 Å². The van der Waals surface area contributed by atoms with Crippen molar-refractivity contribution < 1.29 is 14.1 Å². The minimum Gasteiger partial charge on any atom is -0.451 e. The fraction of sp³-hybridized carbons (Fsp3) is 0.200. The Morgan fingerprint density at radius 2 is 2.12 bits per heavy atom. The zero-order valence-electron chi connectivity index (χ0n) is 13.2. The second-order valence-corrected chi connectivity index (χ2v) is 5.10. The smallest absolute Gasteiger partial charge is 0.293 e. The average molecular weight is 342 g/mol. The number of tetrazole rings is 1. The van der Waals surface area contributed by atoms with E-state index < -0.39 is 10.8 Å². The van der Waals surface area contributed by atoms with Crippen LogP contribution in [-0.4, -0.2) is 31.0 Å². The summed E-state index contributed by atoms with van der Waals surface area (Å²) < 4.78 is 5.45. The molecule has 10 nitrogen and oxygen atoms in total. The number of nitro groups is 1. The first-order valence-electron chi connectivity index (χ1n) is 7.51. The van der Waals surface area contributed by atoms with Crippen molar-refractivity contribution in [3.63, 3.8) is 0 Å². The number of para-hydroxylation sites is 1. The predicted octanol–water partition coefficient (Wildman–Crippen LogP) is 2.50. The summed E-state index contributed by atoms with van der Waals surface area (Å²) >= 11 is 0. The Bertz CT molecular complexity index is 916. The summed E-state index contributed by atoms with van der Waals surface area (Å²) in [6.45, 7) is 2.56. The summed E-state index contributed by atoms with van der Waals surface area (Å²) in [5.74, 6) is -0.303. The molecule has 3 rings (SSSR count). The fourth-order valence-electron chi connectivity index (χ4n) is 2.20. The Morgan fingerprint density at radius 1 is 1.32 bits per heavy atom. The number of nitro benzene ring substituents is 1. The highest BCUT2D eigenvalue weighted by Crippen LogP contribution is 2.30. The summed E-state index contributed by atoms with van der Waals surface area (Å²) in [7, 11) is 0. The Morgan fingerprint density at radius 3 is 2.88 bits per heavy atom. The lowest BCUT2D eigenvalue weighted by atomic mass is 10.1. The highest BCUT2D eigenvalue weighted by atomic mass is 16.6. The predicted molar refractivity (Wildman–Crippen MR) is 86.9 cm³/mol. The van der Waals surface area contributed by atoms with Crippen molar-refractivity contribution in [2.45, 2.75) is 19.9 Å². The maximum absolute atomic E-state index is 12.2. The molecule has 1 amide bonds. The van der Waals surface area contributed by atoms with Crippen molar-refractivity contribution >= 4 is 17.5 Å². The monoisotopic (exact) mass is 342 g/mol. The van der Waals surface area contributed by atoms with Gasteiger partial charge in [-0.15, -0.1) is 5.10 Å². The van der Waals surface area contributed by atoms with Crippen LogP contribution in [0.15, 0.2) is 40.8 Å². The van der Waals surface area contributed by atoms with Gasteiger partial charge in [-0.25, -0.2) is 0 Å². The molecule has 2 heterocycles. The topological polar surface area (TPSA) is 129 Å². The minimum atomic E-state index is -0.569. The van der Waals surface area contributed by atoms with Gasteiger partial charge in [-0.05, 0) is 29.8 Å². The van der Waals surface area contributed by atoms with Gasteiger partial charge in [0.15, 0.2) is 5.76 Å². The summed E-state index contributed by atoms with van der Waals surface area (Å²) in [5, 5.41) is 25.1. The molecule has 0 unspecified atom stereocenters. The third-order valence-electron chi connectivity index (χ3n) is 3.30. The van der Waals surface area contributed by atoms with Gasteiger partial charge in [0.25, 0.3) is 17.5 Å². The van der Waals surface area contributed by atoms with Crippen LogP contribution in [0.2, 0.25) is 0 Å². The lowest BCUT2D eigenvalue weighted by Gasteiger charge is -1.99. The number of hydrogen-bond acceptors (Lipinski definition) is 7. The van der Waals surface area contributed by atoms with Gasteiger partial charge in [-0.1, -0.05) is 24.2 Å². The van der Waals surface area contributed by atoms with E-state index in [4.69, 9.17) is 4.42 Å². The van der Waals surface area contributed by atoms with Crippen LogP contribution < -0.4 is 5.32 Å². The normalized spacial score (nSPS) is 10.6. The maximum Gasteiger partial charge on any atom is 0.293 e. The lowest BCUT2D eigenvalue weighted by Crippen LogP contribution is -2.12. The molecule has 0 atom stereocenters. The van der Waals surface area contributed by atoms with Crippen molar-refractivity contribution in [1.82, 2.24) is 20.2 Å². The molecule has 3 aromatic rings. The van der Waals surface area contributed by atoms with Crippen LogP contribution >= 0.6 is 0 Å². The number of carbonyl (C=O) groups excluding carboxylic acids is 1. The van der Waals surface area contributed by atoms with E-state index in [1.165, 1.54) is 23.0 Å². The first-order valence-corrected chi connectivity index (χ1v) is 7.51. The molecule has 0 aliphatic heterocycles. The summed E-state index contributed by atoms with van der Waals surface area (Å²) in [6, 6.07) is 9.06. The van der Waals surface area contributed by atoms with Crippen molar-refractivity contribution in [2.24, 2.45) is 0 Å². The number of aromatic nitrogens is 4. The summed E-state index contributed by atoms with van der Waals surface area (Å²) in [6.07, 6.45) is 0.834. The Hall–Kier alpha value is -3.56. The molecule has 0 saturated carbocycles. The second kappa shape index (κ2) is 6.91. The minimum absolute atomic E-state index is 0.0139. The largest absolute Gasteiger partial charge is 0.451 e. The van der Waals surface area contributed by atoms with Gasteiger partial charge in [0.1, 0.15) is 5.76 Å². The van der Waals surface area contributed by atoms with Gasteiger partial charge in [0.05, 0.1) is 17.0 Å². The van der Waals surface area contributed by atoms with E-state index in [-0.39, 0.29) is 23.2 Å². The quantitative estimate of drug-likeness (QED) is 0.538. The molecular formula is C15H14N6O4. The molecule has 10 heteroatoms. The average Bonchev–Trinajstić information content (AvgIpc) is 3.25. The number of rotatable bonds is 6. The van der Waals surface area contributed by atoms with Crippen LogP contribution in [0.4, 0.5) is 11.6 Å². The van der Waals surface area contributed by atoms with Gasteiger partial charge in [0.2, 0.25) is 0 Å². The number of amides is 1. The second-order valence-electron chi connectivity index (χ2n) is 5.10. The molecule has 128 valence electrons. The van der Waals surface area contributed by atoms with Crippen LogP contribution in [-0.2, 0) is 6.54 Å². The number of aryl methyl sites for hydroxylation is 1. The molecule has 25 heavy (non-hydrogen) atoms. The number of carbonyl (C=O) groups is 1. The highest BCUT2D eigenvalue weighted by Gasteiger charge is 2.20. The van der Waals surface area contributed by atoms with E-state index in [2.05, 4.69) is 20.7 Å². The first-order chi connectivity index (χ1) is 12.1. The number of furan rings is 1. The number of hydrogen-bond donors (Lipinski definition) is 1. The molecule has 1 N–H and O–H groups in total. The third-order valence-corrected chi connectivity index (χ3v) is 3.30. The Kier molecular flexibility index (Phi) is 4.50. The molecule has 0 aliphatic rings. The van der Waals surface area contributed by atoms with Gasteiger partial charge in [0, 0.05) is 6.07 Å². The van der Waals surface area contributed by atoms with Crippen molar-refractivity contribution in [1.29, 1.82) is 0 Å². The van der Waals surface area contributed by atoms with Crippen LogP contribution in [0, 0.1) is 10.1 Å². The first kappa shape index (κ1) is 16.3. The Balaban J connectivity index is 1.79. The number of nitrogens with zero attached hydrogens (tertiary/aromatic N) is 5. The van der Waals surface area contributed by atoms with Crippen LogP contribution in [0.3, 0.4) is 0 Å². The van der Waals surface area contributed by atoms with E-state index in [0.29, 0.717) is 12.1 Å². The van der Waals surface area contributed by atoms with Gasteiger partial charge >= 0.3 is 0 Å². The van der Waals surface area contributed by atoms with Crippen LogP contribution in [0.1, 0.15) is 23.9 Å². The molecule has 0 radical (unpaired) electrons. The number of anilines is 1. The molecule has 0 bridgehead atoms. The number of nitrogens with one attached hydrogen (secondary N) is 1. The van der Waals surface area contributed by atoms with Crippen LogP contribution in [0.25, 0.3) is 11.3 Å². The van der Waals surface area contributed by atoms with E-state index >= 15 is 0 Å². The molecule has 2 aromatic heterocycles. The van der Waals surface area contributed by atoms with E-state index in [9.17, 15) is 14.9 Å². The van der Waals surface area contributed by atoms with Crippen molar-refractivity contribution in [3.05, 3.63) is 52.3 Å².